The van der Waals surface area contributed by atoms with Gasteiger partial charge in [-0.3, -0.25) is 9.59 Å². The highest BCUT2D eigenvalue weighted by molar-refractivity contribution is 5.69. The largest absolute Gasteiger partial charge is 0.508 e. The van der Waals surface area contributed by atoms with Crippen LogP contribution in [0.5, 0.6) is 11.5 Å². The van der Waals surface area contributed by atoms with Crippen molar-refractivity contribution < 1.29 is 29.3 Å². The summed E-state index contributed by atoms with van der Waals surface area (Å²) in [6.07, 6.45) is 9.40. The van der Waals surface area contributed by atoms with Crippen LogP contribution in [-0.4, -0.2) is 35.4 Å². The van der Waals surface area contributed by atoms with E-state index in [1.54, 1.807) is 12.1 Å². The fourth-order valence-corrected chi connectivity index (χ4v) is 4.50. The molecule has 6 nitrogen and oxygen atoms in total. The molecule has 0 fully saturated rings. The van der Waals surface area contributed by atoms with Gasteiger partial charge in [0.1, 0.15) is 11.5 Å². The lowest BCUT2D eigenvalue weighted by Crippen LogP contribution is -2.21. The van der Waals surface area contributed by atoms with Gasteiger partial charge in [0.25, 0.3) is 0 Å². The number of benzene rings is 1. The number of hydrogen-bond donors (Lipinski definition) is 2. The van der Waals surface area contributed by atoms with Crippen LogP contribution in [0.25, 0.3) is 0 Å². The molecule has 0 saturated heterocycles. The number of aromatic hydroxyl groups is 2. The molecule has 0 atom stereocenters. The predicted molar refractivity (Wildman–Crippen MR) is 144 cm³/mol. The topological polar surface area (TPSA) is 93.1 Å². The zero-order valence-corrected chi connectivity index (χ0v) is 23.6. The average Bonchev–Trinajstić information content (AvgIpc) is 2.80. The number of ether oxygens (including phenoxy) is 2. The molecule has 2 N–H and O–H groups in total. The van der Waals surface area contributed by atoms with Crippen LogP contribution in [0.1, 0.15) is 130 Å². The Bertz CT molecular complexity index is 744. The van der Waals surface area contributed by atoms with Gasteiger partial charge >= 0.3 is 11.9 Å². The van der Waals surface area contributed by atoms with Crippen molar-refractivity contribution in [3.05, 3.63) is 23.3 Å². The second-order valence-electron chi connectivity index (χ2n) is 11.2. The van der Waals surface area contributed by atoms with E-state index < -0.39 is 10.8 Å². The van der Waals surface area contributed by atoms with E-state index in [-0.39, 0.29) is 23.4 Å². The molecule has 206 valence electrons. The molecular formula is C30H50O6. The Labute approximate surface area is 218 Å². The Hall–Kier alpha value is -2.24. The highest BCUT2D eigenvalue weighted by Crippen LogP contribution is 2.43. The number of hydrogen-bond acceptors (Lipinski definition) is 6. The maximum atomic E-state index is 12.0. The van der Waals surface area contributed by atoms with Crippen LogP contribution < -0.4 is 0 Å². The monoisotopic (exact) mass is 506 g/mol. The van der Waals surface area contributed by atoms with E-state index in [0.29, 0.717) is 62.9 Å². The zero-order chi connectivity index (χ0) is 27.2. The van der Waals surface area contributed by atoms with Gasteiger partial charge in [-0.05, 0) is 61.5 Å². The predicted octanol–water partition coefficient (Wildman–Crippen LogP) is 7.46. The third kappa shape index (κ3) is 11.2. The van der Waals surface area contributed by atoms with Crippen molar-refractivity contribution >= 4 is 11.9 Å². The van der Waals surface area contributed by atoms with Crippen molar-refractivity contribution in [2.45, 2.75) is 129 Å². The van der Waals surface area contributed by atoms with Gasteiger partial charge in [0.2, 0.25) is 0 Å². The summed E-state index contributed by atoms with van der Waals surface area (Å²) in [5, 5.41) is 21.7. The standard InChI is InChI=1S/C30H50O6/c1-7-9-11-19-35-27(33)15-13-17-29(3,4)23-21-26(32)24(22-25(23)31)30(5,6)18-14-16-28(34)36-20-12-10-8-2/h21-22,31-32H,7-20H2,1-6H3. The maximum Gasteiger partial charge on any atom is 0.305 e. The normalized spacial score (nSPS) is 11.9. The minimum atomic E-state index is -0.422. The molecular weight excluding hydrogens is 456 g/mol. The van der Waals surface area contributed by atoms with Gasteiger partial charge in [0, 0.05) is 24.0 Å². The summed E-state index contributed by atoms with van der Waals surface area (Å²) in [5.74, 6) is -0.0940. The van der Waals surface area contributed by atoms with E-state index in [0.717, 1.165) is 38.5 Å². The van der Waals surface area contributed by atoms with Crippen LogP contribution in [-0.2, 0) is 29.9 Å². The van der Waals surface area contributed by atoms with E-state index in [4.69, 9.17) is 9.47 Å². The lowest BCUT2D eigenvalue weighted by Gasteiger charge is -2.30. The van der Waals surface area contributed by atoms with Crippen LogP contribution in [0.2, 0.25) is 0 Å². The molecule has 1 aromatic rings. The van der Waals surface area contributed by atoms with Crippen molar-refractivity contribution in [3.63, 3.8) is 0 Å². The van der Waals surface area contributed by atoms with Crippen LogP contribution in [0.15, 0.2) is 12.1 Å². The molecule has 0 aliphatic heterocycles. The second-order valence-corrected chi connectivity index (χ2v) is 11.2. The Balaban J connectivity index is 2.68. The number of esters is 2. The van der Waals surface area contributed by atoms with E-state index in [2.05, 4.69) is 13.8 Å². The summed E-state index contributed by atoms with van der Waals surface area (Å²) in [5.41, 5.74) is 0.473. The quantitative estimate of drug-likeness (QED) is 0.122. The number of phenols is 2. The third-order valence-corrected chi connectivity index (χ3v) is 6.96. The molecule has 0 bridgehead atoms. The summed E-state index contributed by atoms with van der Waals surface area (Å²) in [6, 6.07) is 3.30. The second kappa shape index (κ2) is 15.8. The van der Waals surface area contributed by atoms with Gasteiger partial charge in [0.15, 0.2) is 0 Å². The molecule has 0 spiro atoms. The lowest BCUT2D eigenvalue weighted by molar-refractivity contribution is -0.144. The Morgan fingerprint density at radius 2 is 1.03 bits per heavy atom. The number of unbranched alkanes of at least 4 members (excludes halogenated alkanes) is 4. The zero-order valence-electron chi connectivity index (χ0n) is 23.6. The molecule has 0 saturated carbocycles. The van der Waals surface area contributed by atoms with E-state index in [9.17, 15) is 19.8 Å². The minimum Gasteiger partial charge on any atom is -0.508 e. The third-order valence-electron chi connectivity index (χ3n) is 6.96. The Morgan fingerprint density at radius 1 is 0.667 bits per heavy atom. The molecule has 0 radical (unpaired) electrons. The molecule has 0 heterocycles. The summed E-state index contributed by atoms with van der Waals surface area (Å²) < 4.78 is 10.6. The molecule has 0 aliphatic carbocycles. The van der Waals surface area contributed by atoms with Crippen LogP contribution in [0.3, 0.4) is 0 Å². The number of phenolic OH excluding ortho intramolecular Hbond substituents is 2. The highest BCUT2D eigenvalue weighted by atomic mass is 16.5. The number of carbonyl (C=O) groups is 2. The lowest BCUT2D eigenvalue weighted by atomic mass is 9.75. The van der Waals surface area contributed by atoms with Gasteiger partial charge in [0.05, 0.1) is 13.2 Å². The molecule has 1 rings (SSSR count). The van der Waals surface area contributed by atoms with Crippen molar-refractivity contribution in [3.8, 4) is 11.5 Å². The van der Waals surface area contributed by atoms with E-state index in [1.807, 2.05) is 27.7 Å². The molecule has 0 unspecified atom stereocenters. The fraction of sp³-hybridized carbons (Fsp3) is 0.733. The highest BCUT2D eigenvalue weighted by Gasteiger charge is 2.30. The molecule has 36 heavy (non-hydrogen) atoms. The SMILES string of the molecule is CCCCCOC(=O)CCCC(C)(C)c1cc(O)c(C(C)(C)CCCC(=O)OCCCCC)cc1O. The Kier molecular flexibility index (Phi) is 13.9. The van der Waals surface area contributed by atoms with Gasteiger partial charge in [-0.25, -0.2) is 0 Å². The molecule has 0 amide bonds. The fourth-order valence-electron chi connectivity index (χ4n) is 4.50. The first kappa shape index (κ1) is 31.8. The van der Waals surface area contributed by atoms with E-state index in [1.165, 1.54) is 0 Å². The van der Waals surface area contributed by atoms with Crippen molar-refractivity contribution in [2.75, 3.05) is 13.2 Å². The van der Waals surface area contributed by atoms with Gasteiger partial charge in [-0.2, -0.15) is 0 Å². The van der Waals surface area contributed by atoms with Crippen LogP contribution in [0.4, 0.5) is 0 Å². The van der Waals surface area contributed by atoms with Crippen molar-refractivity contribution in [2.24, 2.45) is 0 Å². The summed E-state index contributed by atoms with van der Waals surface area (Å²) >= 11 is 0. The number of carbonyl (C=O) groups excluding carboxylic acids is 2. The first-order valence-corrected chi connectivity index (χ1v) is 13.8. The first-order chi connectivity index (χ1) is 16.9. The summed E-state index contributed by atoms with van der Waals surface area (Å²) in [7, 11) is 0. The van der Waals surface area contributed by atoms with E-state index >= 15 is 0 Å². The molecule has 1 aromatic carbocycles. The van der Waals surface area contributed by atoms with Crippen LogP contribution >= 0.6 is 0 Å². The van der Waals surface area contributed by atoms with Crippen molar-refractivity contribution in [1.29, 1.82) is 0 Å². The van der Waals surface area contributed by atoms with Crippen LogP contribution in [0, 0.1) is 0 Å². The van der Waals surface area contributed by atoms with Crippen molar-refractivity contribution in [1.82, 2.24) is 0 Å². The van der Waals surface area contributed by atoms with Gasteiger partial charge < -0.3 is 19.7 Å². The van der Waals surface area contributed by atoms with Gasteiger partial charge in [-0.15, -0.1) is 0 Å². The maximum absolute atomic E-state index is 12.0. The molecule has 0 aromatic heterocycles. The summed E-state index contributed by atoms with van der Waals surface area (Å²) in [4.78, 5) is 23.9. The smallest absolute Gasteiger partial charge is 0.305 e. The number of rotatable bonds is 18. The average molecular weight is 507 g/mol. The first-order valence-electron chi connectivity index (χ1n) is 13.8. The van der Waals surface area contributed by atoms with Gasteiger partial charge in [-0.1, -0.05) is 67.2 Å². The summed E-state index contributed by atoms with van der Waals surface area (Å²) in [6.45, 7) is 13.2. The Morgan fingerprint density at radius 3 is 1.36 bits per heavy atom. The minimum absolute atomic E-state index is 0.137. The molecule has 6 heteroatoms. The molecule has 0 aliphatic rings.